The average molecular weight is 245 g/mol. The molecule has 1 heterocycles. The highest BCUT2D eigenvalue weighted by Crippen LogP contribution is 2.49. The molecule has 16 heavy (non-hydrogen) atoms. The summed E-state index contributed by atoms with van der Waals surface area (Å²) in [6.45, 7) is 2.02. The minimum atomic E-state index is 0. The van der Waals surface area contributed by atoms with Crippen LogP contribution < -0.4 is 10.6 Å². The highest BCUT2D eigenvalue weighted by atomic mass is 35.5. The number of hydrogen-bond donors (Lipinski definition) is 2. The van der Waals surface area contributed by atoms with Crippen molar-refractivity contribution in [3.8, 4) is 0 Å². The van der Waals surface area contributed by atoms with Crippen molar-refractivity contribution >= 4 is 18.3 Å². The van der Waals surface area contributed by atoms with Gasteiger partial charge in [0.25, 0.3) is 0 Å². The van der Waals surface area contributed by atoms with E-state index in [2.05, 4.69) is 10.6 Å². The summed E-state index contributed by atoms with van der Waals surface area (Å²) in [5.41, 5.74) is 0. The fraction of sp³-hybridized carbons (Fsp3) is 0.917. The van der Waals surface area contributed by atoms with Crippen molar-refractivity contribution in [1.82, 2.24) is 10.6 Å². The molecule has 1 saturated heterocycles. The summed E-state index contributed by atoms with van der Waals surface area (Å²) in [7, 11) is 0. The second kappa shape index (κ2) is 4.92. The quantitative estimate of drug-likeness (QED) is 0.783. The molecule has 1 amide bonds. The van der Waals surface area contributed by atoms with Crippen LogP contribution in [0.2, 0.25) is 0 Å². The standard InChI is InChI=1S/C12H20N2O.ClH/c15-12(14-10-5-6-13-7-10)11(8-1-2-8)9-3-4-9;/h8-11,13H,1-7H2,(H,14,15);1H. The third-order valence-electron chi connectivity index (χ3n) is 3.97. The lowest BCUT2D eigenvalue weighted by atomic mass is 9.96. The van der Waals surface area contributed by atoms with Crippen LogP contribution in [0.25, 0.3) is 0 Å². The van der Waals surface area contributed by atoms with Crippen LogP contribution in [0.4, 0.5) is 0 Å². The molecule has 0 spiro atoms. The van der Waals surface area contributed by atoms with Gasteiger partial charge >= 0.3 is 0 Å². The van der Waals surface area contributed by atoms with Gasteiger partial charge in [0.15, 0.2) is 0 Å². The van der Waals surface area contributed by atoms with Crippen LogP contribution in [-0.2, 0) is 4.79 Å². The summed E-state index contributed by atoms with van der Waals surface area (Å²) >= 11 is 0. The number of carbonyl (C=O) groups is 1. The lowest BCUT2D eigenvalue weighted by molar-refractivity contribution is -0.127. The van der Waals surface area contributed by atoms with Crippen LogP contribution in [0.15, 0.2) is 0 Å². The maximum atomic E-state index is 12.1. The molecule has 0 aromatic heterocycles. The van der Waals surface area contributed by atoms with Gasteiger partial charge in [0, 0.05) is 18.5 Å². The monoisotopic (exact) mass is 244 g/mol. The molecule has 2 N–H and O–H groups in total. The lowest BCUT2D eigenvalue weighted by Crippen LogP contribution is -2.41. The molecule has 2 saturated carbocycles. The fourth-order valence-corrected chi connectivity index (χ4v) is 2.80. The van der Waals surface area contributed by atoms with Crippen molar-refractivity contribution in [1.29, 1.82) is 0 Å². The molecule has 0 aromatic rings. The molecular formula is C12H21ClN2O. The molecule has 0 bridgehead atoms. The number of carbonyl (C=O) groups excluding carboxylic acids is 1. The van der Waals surface area contributed by atoms with E-state index in [1.54, 1.807) is 0 Å². The van der Waals surface area contributed by atoms with Crippen molar-refractivity contribution in [2.24, 2.45) is 17.8 Å². The highest BCUT2D eigenvalue weighted by Gasteiger charge is 2.45. The zero-order valence-corrected chi connectivity index (χ0v) is 10.4. The van der Waals surface area contributed by atoms with Crippen LogP contribution in [0, 0.1) is 17.8 Å². The fourth-order valence-electron chi connectivity index (χ4n) is 2.80. The first-order valence-corrected chi connectivity index (χ1v) is 6.35. The third kappa shape index (κ3) is 2.69. The first kappa shape index (κ1) is 12.2. The molecule has 3 aliphatic rings. The Balaban J connectivity index is 0.000000963. The van der Waals surface area contributed by atoms with E-state index < -0.39 is 0 Å². The number of halogens is 1. The van der Waals surface area contributed by atoms with E-state index in [0.717, 1.165) is 31.3 Å². The Morgan fingerprint density at radius 2 is 1.75 bits per heavy atom. The van der Waals surface area contributed by atoms with Gasteiger partial charge in [-0.25, -0.2) is 0 Å². The normalized spacial score (nSPS) is 28.9. The van der Waals surface area contributed by atoms with E-state index in [9.17, 15) is 4.79 Å². The van der Waals surface area contributed by atoms with E-state index >= 15 is 0 Å². The summed E-state index contributed by atoms with van der Waals surface area (Å²) in [5, 5.41) is 6.51. The summed E-state index contributed by atoms with van der Waals surface area (Å²) in [6.07, 6.45) is 6.26. The molecular weight excluding hydrogens is 224 g/mol. The van der Waals surface area contributed by atoms with Crippen LogP contribution in [-0.4, -0.2) is 25.0 Å². The maximum absolute atomic E-state index is 12.1. The van der Waals surface area contributed by atoms with Gasteiger partial charge in [0.1, 0.15) is 0 Å². The second-order valence-corrected chi connectivity index (χ2v) is 5.40. The zero-order chi connectivity index (χ0) is 10.3. The average Bonchev–Trinajstić information content (AvgIpc) is 3.12. The summed E-state index contributed by atoms with van der Waals surface area (Å²) in [5.74, 6) is 2.18. The van der Waals surface area contributed by atoms with Crippen LogP contribution >= 0.6 is 12.4 Å². The number of amides is 1. The van der Waals surface area contributed by atoms with Crippen molar-refractivity contribution in [2.45, 2.75) is 38.1 Å². The predicted molar refractivity (Wildman–Crippen MR) is 65.6 cm³/mol. The van der Waals surface area contributed by atoms with Crippen LogP contribution in [0.5, 0.6) is 0 Å². The molecule has 3 rings (SSSR count). The van der Waals surface area contributed by atoms with E-state index in [1.807, 2.05) is 0 Å². The van der Waals surface area contributed by atoms with E-state index in [-0.39, 0.29) is 12.4 Å². The zero-order valence-electron chi connectivity index (χ0n) is 9.58. The first-order chi connectivity index (χ1) is 7.34. The van der Waals surface area contributed by atoms with Gasteiger partial charge in [-0.2, -0.15) is 0 Å². The van der Waals surface area contributed by atoms with Gasteiger partial charge in [-0.05, 0) is 50.5 Å². The van der Waals surface area contributed by atoms with Gasteiger partial charge in [-0.15, -0.1) is 12.4 Å². The molecule has 2 aliphatic carbocycles. The molecule has 4 heteroatoms. The number of nitrogens with one attached hydrogen (secondary N) is 2. The molecule has 1 aliphatic heterocycles. The van der Waals surface area contributed by atoms with Crippen molar-refractivity contribution in [3.05, 3.63) is 0 Å². The SMILES string of the molecule is Cl.O=C(NC1CCNC1)C(C1CC1)C1CC1. The van der Waals surface area contributed by atoms with E-state index in [0.29, 0.717) is 17.9 Å². The minimum absolute atomic E-state index is 0. The van der Waals surface area contributed by atoms with E-state index in [1.165, 1.54) is 25.7 Å². The Hall–Kier alpha value is -0.280. The summed E-state index contributed by atoms with van der Waals surface area (Å²) in [4.78, 5) is 12.1. The smallest absolute Gasteiger partial charge is 0.223 e. The first-order valence-electron chi connectivity index (χ1n) is 6.35. The Morgan fingerprint density at radius 1 is 1.12 bits per heavy atom. The molecule has 92 valence electrons. The largest absolute Gasteiger partial charge is 0.352 e. The number of rotatable bonds is 4. The van der Waals surface area contributed by atoms with Gasteiger partial charge in [0.2, 0.25) is 5.91 Å². The lowest BCUT2D eigenvalue weighted by Gasteiger charge is -2.18. The minimum Gasteiger partial charge on any atom is -0.352 e. The third-order valence-corrected chi connectivity index (χ3v) is 3.97. The van der Waals surface area contributed by atoms with E-state index in [4.69, 9.17) is 0 Å². The second-order valence-electron chi connectivity index (χ2n) is 5.40. The van der Waals surface area contributed by atoms with Gasteiger partial charge in [-0.3, -0.25) is 4.79 Å². The van der Waals surface area contributed by atoms with Crippen molar-refractivity contribution < 1.29 is 4.79 Å². The Labute approximate surface area is 103 Å². The van der Waals surface area contributed by atoms with Crippen LogP contribution in [0.3, 0.4) is 0 Å². The summed E-state index contributed by atoms with van der Waals surface area (Å²) < 4.78 is 0. The molecule has 0 radical (unpaired) electrons. The predicted octanol–water partition coefficient (Wildman–Crippen LogP) is 1.32. The highest BCUT2D eigenvalue weighted by molar-refractivity contribution is 5.85. The Morgan fingerprint density at radius 3 is 2.19 bits per heavy atom. The molecule has 3 nitrogen and oxygen atoms in total. The molecule has 0 aromatic carbocycles. The maximum Gasteiger partial charge on any atom is 0.223 e. The Bertz CT molecular complexity index is 246. The van der Waals surface area contributed by atoms with Crippen molar-refractivity contribution in [3.63, 3.8) is 0 Å². The summed E-state index contributed by atoms with van der Waals surface area (Å²) in [6, 6.07) is 0.400. The Kier molecular flexibility index (Phi) is 3.75. The van der Waals surface area contributed by atoms with Gasteiger partial charge in [0.05, 0.1) is 0 Å². The van der Waals surface area contributed by atoms with Crippen LogP contribution in [0.1, 0.15) is 32.1 Å². The van der Waals surface area contributed by atoms with Gasteiger partial charge < -0.3 is 10.6 Å². The van der Waals surface area contributed by atoms with Crippen molar-refractivity contribution in [2.75, 3.05) is 13.1 Å². The molecule has 1 unspecified atom stereocenters. The number of hydrogen-bond acceptors (Lipinski definition) is 2. The van der Waals surface area contributed by atoms with Gasteiger partial charge in [-0.1, -0.05) is 0 Å². The topological polar surface area (TPSA) is 41.1 Å². The molecule has 3 fully saturated rings. The molecule has 1 atom stereocenters.